The first-order valence-electron chi connectivity index (χ1n) is 8.72. The van der Waals surface area contributed by atoms with Crippen molar-refractivity contribution in [2.24, 2.45) is 0 Å². The summed E-state index contributed by atoms with van der Waals surface area (Å²) in [5.74, 6) is 2.49. The van der Waals surface area contributed by atoms with Gasteiger partial charge < -0.3 is 14.8 Å². The predicted octanol–water partition coefficient (Wildman–Crippen LogP) is 3.17. The lowest BCUT2D eigenvalue weighted by Gasteiger charge is -2.10. The number of ether oxygens (including phenoxy) is 2. The van der Waals surface area contributed by atoms with Gasteiger partial charge in [-0.05, 0) is 71.8 Å². The average molecular weight is 351 g/mol. The number of benzene rings is 2. The first-order valence-corrected chi connectivity index (χ1v) is 8.72. The zero-order valence-electron chi connectivity index (χ0n) is 14.6. The molecular formula is C19H21N5O2. The van der Waals surface area contributed by atoms with Crippen LogP contribution < -0.4 is 14.8 Å². The highest BCUT2D eigenvalue weighted by Crippen LogP contribution is 2.36. The van der Waals surface area contributed by atoms with E-state index in [2.05, 4.69) is 20.8 Å². The molecule has 1 N–H and O–H groups in total. The van der Waals surface area contributed by atoms with Crippen molar-refractivity contribution in [2.45, 2.75) is 18.9 Å². The minimum Gasteiger partial charge on any atom is -0.497 e. The molecule has 0 aliphatic heterocycles. The van der Waals surface area contributed by atoms with Gasteiger partial charge in [0.15, 0.2) is 5.82 Å². The Kier molecular flexibility index (Phi) is 4.68. The maximum atomic E-state index is 5.71. The van der Waals surface area contributed by atoms with Crippen molar-refractivity contribution in [2.75, 3.05) is 25.6 Å². The number of hydrogen-bond donors (Lipinski definition) is 1. The first-order chi connectivity index (χ1) is 12.8. The van der Waals surface area contributed by atoms with Gasteiger partial charge in [-0.15, -0.1) is 5.10 Å². The molecule has 4 rings (SSSR count). The number of methoxy groups -OCH3 is 1. The van der Waals surface area contributed by atoms with E-state index in [0.717, 1.165) is 41.4 Å². The van der Waals surface area contributed by atoms with Crippen LogP contribution in [0.15, 0.2) is 48.5 Å². The minimum absolute atomic E-state index is 0.466. The van der Waals surface area contributed by atoms with E-state index in [4.69, 9.17) is 9.47 Å². The van der Waals surface area contributed by atoms with Crippen LogP contribution in [0.5, 0.6) is 11.5 Å². The van der Waals surface area contributed by atoms with E-state index in [1.54, 1.807) is 7.11 Å². The summed E-state index contributed by atoms with van der Waals surface area (Å²) in [5.41, 5.74) is 2.07. The van der Waals surface area contributed by atoms with Crippen LogP contribution in [-0.2, 0) is 0 Å². The molecule has 1 aliphatic rings. The van der Waals surface area contributed by atoms with Crippen LogP contribution in [0.3, 0.4) is 0 Å². The van der Waals surface area contributed by atoms with Gasteiger partial charge in [0.05, 0.1) is 13.2 Å². The Morgan fingerprint density at radius 2 is 1.77 bits per heavy atom. The monoisotopic (exact) mass is 351 g/mol. The van der Waals surface area contributed by atoms with Crippen molar-refractivity contribution in [1.29, 1.82) is 0 Å². The molecule has 1 fully saturated rings. The number of rotatable bonds is 8. The van der Waals surface area contributed by atoms with Crippen molar-refractivity contribution in [3.63, 3.8) is 0 Å². The van der Waals surface area contributed by atoms with Gasteiger partial charge >= 0.3 is 0 Å². The smallest absolute Gasteiger partial charge is 0.182 e. The number of hydrogen-bond acceptors (Lipinski definition) is 6. The van der Waals surface area contributed by atoms with Gasteiger partial charge in [-0.1, -0.05) is 0 Å². The van der Waals surface area contributed by atoms with Crippen LogP contribution in [0.2, 0.25) is 0 Å². The third-order valence-electron chi connectivity index (χ3n) is 4.29. The Morgan fingerprint density at radius 1 is 1.04 bits per heavy atom. The molecule has 1 aliphatic carbocycles. The van der Waals surface area contributed by atoms with Crippen LogP contribution in [0.25, 0.3) is 11.4 Å². The lowest BCUT2D eigenvalue weighted by atomic mass is 10.2. The fraction of sp³-hybridized carbons (Fsp3) is 0.316. The minimum atomic E-state index is 0.466. The van der Waals surface area contributed by atoms with E-state index < -0.39 is 0 Å². The molecule has 1 aromatic heterocycles. The van der Waals surface area contributed by atoms with Gasteiger partial charge in [-0.25, -0.2) is 4.68 Å². The van der Waals surface area contributed by atoms with Crippen LogP contribution in [0, 0.1) is 0 Å². The van der Waals surface area contributed by atoms with Crippen LogP contribution in [-0.4, -0.2) is 40.5 Å². The number of aromatic nitrogens is 4. The maximum absolute atomic E-state index is 5.71. The van der Waals surface area contributed by atoms with E-state index in [0.29, 0.717) is 19.2 Å². The highest BCUT2D eigenvalue weighted by atomic mass is 16.5. The fourth-order valence-corrected chi connectivity index (χ4v) is 2.72. The molecule has 26 heavy (non-hydrogen) atoms. The maximum Gasteiger partial charge on any atom is 0.182 e. The summed E-state index contributed by atoms with van der Waals surface area (Å²) in [6.45, 7) is 1.29. The van der Waals surface area contributed by atoms with Crippen molar-refractivity contribution < 1.29 is 9.47 Å². The lowest BCUT2D eigenvalue weighted by Crippen LogP contribution is -2.11. The normalized spacial score (nSPS) is 13.4. The summed E-state index contributed by atoms with van der Waals surface area (Å²) in [6.07, 6.45) is 2.32. The van der Waals surface area contributed by atoms with Crippen molar-refractivity contribution in [1.82, 2.24) is 20.2 Å². The van der Waals surface area contributed by atoms with E-state index in [9.17, 15) is 0 Å². The van der Waals surface area contributed by atoms with Crippen molar-refractivity contribution >= 4 is 5.69 Å². The molecule has 0 spiro atoms. The van der Waals surface area contributed by atoms with Gasteiger partial charge in [0.1, 0.15) is 18.1 Å². The molecule has 134 valence electrons. The molecule has 3 aromatic rings. The third-order valence-corrected chi connectivity index (χ3v) is 4.29. The topological polar surface area (TPSA) is 74.1 Å². The van der Waals surface area contributed by atoms with E-state index in [1.165, 1.54) is 0 Å². The Bertz CT molecular complexity index is 841. The molecule has 1 saturated carbocycles. The molecule has 0 saturated heterocycles. The molecule has 0 unspecified atom stereocenters. The zero-order chi connectivity index (χ0) is 17.8. The third kappa shape index (κ3) is 3.77. The van der Waals surface area contributed by atoms with Gasteiger partial charge in [-0.2, -0.15) is 0 Å². The summed E-state index contributed by atoms with van der Waals surface area (Å²) in [6, 6.07) is 16.2. The molecular weight excluding hydrogens is 330 g/mol. The molecule has 0 radical (unpaired) electrons. The Labute approximate surface area is 151 Å². The number of nitrogens with one attached hydrogen (secondary N) is 1. The molecule has 2 aromatic carbocycles. The van der Waals surface area contributed by atoms with Crippen LogP contribution in [0.1, 0.15) is 18.9 Å². The van der Waals surface area contributed by atoms with Crippen molar-refractivity contribution in [3.05, 3.63) is 48.5 Å². The van der Waals surface area contributed by atoms with Gasteiger partial charge in [0, 0.05) is 17.8 Å². The SMILES string of the molecule is COc1ccc(OCCNc2ccc(-c3nnnn3C3CC3)cc2)cc1. The quantitative estimate of drug-likeness (QED) is 0.628. The molecule has 0 bridgehead atoms. The van der Waals surface area contributed by atoms with Crippen molar-refractivity contribution in [3.8, 4) is 22.9 Å². The van der Waals surface area contributed by atoms with E-state index in [-0.39, 0.29) is 0 Å². The lowest BCUT2D eigenvalue weighted by molar-refractivity contribution is 0.332. The Balaban J connectivity index is 1.28. The summed E-state index contributed by atoms with van der Waals surface area (Å²) in [4.78, 5) is 0. The largest absolute Gasteiger partial charge is 0.497 e. The number of anilines is 1. The second-order valence-electron chi connectivity index (χ2n) is 6.21. The summed E-state index contributed by atoms with van der Waals surface area (Å²) in [7, 11) is 1.65. The van der Waals surface area contributed by atoms with Crippen LogP contribution in [0.4, 0.5) is 5.69 Å². The van der Waals surface area contributed by atoms with E-state index >= 15 is 0 Å². The second-order valence-corrected chi connectivity index (χ2v) is 6.21. The first kappa shape index (κ1) is 16.4. The highest BCUT2D eigenvalue weighted by molar-refractivity contribution is 5.59. The van der Waals surface area contributed by atoms with Crippen LogP contribution >= 0.6 is 0 Å². The Hall–Kier alpha value is -3.09. The van der Waals surface area contributed by atoms with Gasteiger partial charge in [-0.3, -0.25) is 0 Å². The molecule has 0 atom stereocenters. The standard InChI is InChI=1S/C19H21N5O2/c1-25-17-8-10-18(11-9-17)26-13-12-20-15-4-2-14(3-5-15)19-21-22-23-24(19)16-6-7-16/h2-5,8-11,16,20H,6-7,12-13H2,1H3. The van der Waals surface area contributed by atoms with Gasteiger partial charge in [0.25, 0.3) is 0 Å². The summed E-state index contributed by atoms with van der Waals surface area (Å²) in [5, 5.41) is 15.4. The van der Waals surface area contributed by atoms with E-state index in [1.807, 2.05) is 53.2 Å². The number of tetrazole rings is 1. The Morgan fingerprint density at radius 3 is 2.46 bits per heavy atom. The average Bonchev–Trinajstić information content (AvgIpc) is 3.43. The zero-order valence-corrected chi connectivity index (χ0v) is 14.6. The molecule has 7 heteroatoms. The fourth-order valence-electron chi connectivity index (χ4n) is 2.72. The molecule has 0 amide bonds. The van der Waals surface area contributed by atoms with Gasteiger partial charge in [0.2, 0.25) is 0 Å². The molecule has 7 nitrogen and oxygen atoms in total. The number of nitrogens with zero attached hydrogens (tertiary/aromatic N) is 4. The summed E-state index contributed by atoms with van der Waals surface area (Å²) < 4.78 is 12.8. The molecule has 1 heterocycles. The second kappa shape index (κ2) is 7.43. The predicted molar refractivity (Wildman–Crippen MR) is 98.5 cm³/mol. The highest BCUT2D eigenvalue weighted by Gasteiger charge is 2.28. The summed E-state index contributed by atoms with van der Waals surface area (Å²) >= 11 is 0.